The summed E-state index contributed by atoms with van der Waals surface area (Å²) < 4.78 is 2.33. The molecule has 5 nitrogen and oxygen atoms in total. The Bertz CT molecular complexity index is 498. The minimum absolute atomic E-state index is 0.326. The molecule has 0 saturated carbocycles. The quantitative estimate of drug-likeness (QED) is 0.713. The van der Waals surface area contributed by atoms with E-state index in [0.717, 1.165) is 13.1 Å². The Morgan fingerprint density at radius 2 is 1.28 bits per heavy atom. The molecule has 0 fully saturated rings. The molecule has 0 spiro atoms. The lowest BCUT2D eigenvalue weighted by atomic mass is 10.2. The highest BCUT2D eigenvalue weighted by Crippen LogP contribution is 2.41. The van der Waals surface area contributed by atoms with Crippen molar-refractivity contribution in [2.75, 3.05) is 27.2 Å². The topological polar surface area (TPSA) is 24.8 Å². The Kier molecular flexibility index (Phi) is 5.95. The summed E-state index contributed by atoms with van der Waals surface area (Å²) in [5.74, 6) is 1.25. The number of likely N-dealkylation sites (N-methyl/N-ethyl adjacent to an activating group) is 2. The van der Waals surface area contributed by atoms with Gasteiger partial charge in [0, 0.05) is 24.2 Å². The lowest BCUT2D eigenvalue weighted by Gasteiger charge is -2.32. The van der Waals surface area contributed by atoms with E-state index in [4.69, 9.17) is 0 Å². The summed E-state index contributed by atoms with van der Waals surface area (Å²) in [6.45, 7) is 20.6. The average molecular weight is 351 g/mol. The summed E-state index contributed by atoms with van der Waals surface area (Å²) in [6.07, 6.45) is 0. The smallest absolute Gasteiger partial charge is 0.348 e. The molecular formula is C20H40N5+. The van der Waals surface area contributed by atoms with Gasteiger partial charge in [-0.15, -0.1) is 0 Å². The molecule has 0 aromatic rings. The molecule has 0 aromatic heterocycles. The highest BCUT2D eigenvalue weighted by atomic mass is 15.4. The van der Waals surface area contributed by atoms with Crippen LogP contribution in [0.2, 0.25) is 0 Å². The summed E-state index contributed by atoms with van der Waals surface area (Å²) in [5, 5.41) is 3.84. The first-order valence-corrected chi connectivity index (χ1v) is 9.94. The molecule has 5 heteroatoms. The Hall–Kier alpha value is -1.39. The second-order valence-electron chi connectivity index (χ2n) is 8.70. The van der Waals surface area contributed by atoms with Crippen LogP contribution in [0.1, 0.15) is 55.4 Å². The van der Waals surface area contributed by atoms with Crippen molar-refractivity contribution in [1.82, 2.24) is 20.0 Å². The zero-order valence-electron chi connectivity index (χ0n) is 18.1. The van der Waals surface area contributed by atoms with Gasteiger partial charge in [-0.25, -0.2) is 0 Å². The van der Waals surface area contributed by atoms with Gasteiger partial charge in [-0.1, -0.05) is 0 Å². The number of hydrogen-bond acceptors (Lipinski definition) is 4. The van der Waals surface area contributed by atoms with Crippen molar-refractivity contribution >= 4 is 5.96 Å². The Morgan fingerprint density at radius 3 is 1.56 bits per heavy atom. The molecule has 144 valence electrons. The third kappa shape index (κ3) is 3.90. The molecule has 1 heterocycles. The van der Waals surface area contributed by atoms with Gasteiger partial charge in [-0.05, 0) is 55.4 Å². The SMILES string of the molecule is CC(C)N(C1=C(N(C(C)C)C(C)C)C1NC1=[N+](C)CCN1C)C(C)C. The van der Waals surface area contributed by atoms with Crippen LogP contribution in [0.25, 0.3) is 0 Å². The first kappa shape index (κ1) is 19.9. The minimum atomic E-state index is 0.326. The molecule has 1 aliphatic heterocycles. The molecule has 2 rings (SSSR count). The van der Waals surface area contributed by atoms with E-state index in [2.05, 4.69) is 94.1 Å². The highest BCUT2D eigenvalue weighted by Gasteiger charge is 2.50. The summed E-state index contributed by atoms with van der Waals surface area (Å²) in [6, 6.07) is 2.33. The first-order chi connectivity index (χ1) is 11.6. The second kappa shape index (κ2) is 7.46. The van der Waals surface area contributed by atoms with E-state index in [9.17, 15) is 0 Å². The van der Waals surface area contributed by atoms with Crippen molar-refractivity contribution in [1.29, 1.82) is 0 Å². The molecule has 0 atom stereocenters. The van der Waals surface area contributed by atoms with Gasteiger partial charge >= 0.3 is 5.96 Å². The van der Waals surface area contributed by atoms with E-state index in [0.29, 0.717) is 30.2 Å². The molecule has 0 saturated heterocycles. The fourth-order valence-electron chi connectivity index (χ4n) is 4.36. The predicted molar refractivity (Wildman–Crippen MR) is 107 cm³/mol. The van der Waals surface area contributed by atoms with Crippen molar-refractivity contribution in [2.45, 2.75) is 85.6 Å². The summed E-state index contributed by atoms with van der Waals surface area (Å²) in [5.41, 5.74) is 2.96. The fraction of sp³-hybridized carbons (Fsp3) is 0.850. The van der Waals surface area contributed by atoms with Crippen LogP contribution in [0.3, 0.4) is 0 Å². The number of nitrogens with zero attached hydrogens (tertiary/aromatic N) is 4. The van der Waals surface area contributed by atoms with Crippen LogP contribution in [0.15, 0.2) is 11.4 Å². The third-order valence-electron chi connectivity index (χ3n) is 5.28. The lowest BCUT2D eigenvalue weighted by Crippen LogP contribution is -2.45. The van der Waals surface area contributed by atoms with Gasteiger partial charge < -0.3 is 9.80 Å². The maximum Gasteiger partial charge on any atom is 0.348 e. The molecule has 0 amide bonds. The van der Waals surface area contributed by atoms with Gasteiger partial charge in [0.2, 0.25) is 0 Å². The van der Waals surface area contributed by atoms with Crippen LogP contribution in [0.5, 0.6) is 0 Å². The van der Waals surface area contributed by atoms with Crippen molar-refractivity contribution in [3.63, 3.8) is 0 Å². The zero-order chi connectivity index (χ0) is 19.0. The number of guanidine groups is 1. The molecule has 0 unspecified atom stereocenters. The number of nitrogens with one attached hydrogen (secondary N) is 1. The molecule has 0 aromatic carbocycles. The van der Waals surface area contributed by atoms with Gasteiger partial charge in [0.05, 0.1) is 38.6 Å². The Morgan fingerprint density at radius 1 is 0.880 bits per heavy atom. The van der Waals surface area contributed by atoms with Crippen LogP contribution in [-0.4, -0.2) is 82.6 Å². The predicted octanol–water partition coefficient (Wildman–Crippen LogP) is 2.35. The molecule has 1 aliphatic carbocycles. The summed E-state index contributed by atoms with van der Waals surface area (Å²) in [7, 11) is 4.36. The Balaban J connectivity index is 2.34. The average Bonchev–Trinajstić information content (AvgIpc) is 3.02. The van der Waals surface area contributed by atoms with Crippen molar-refractivity contribution in [3.8, 4) is 0 Å². The normalized spacial score (nSPS) is 18.6. The maximum atomic E-state index is 3.84. The van der Waals surface area contributed by atoms with Crippen LogP contribution in [0, 0.1) is 0 Å². The van der Waals surface area contributed by atoms with Crippen LogP contribution in [0.4, 0.5) is 0 Å². The second-order valence-corrected chi connectivity index (χ2v) is 8.70. The summed E-state index contributed by atoms with van der Waals surface area (Å²) >= 11 is 0. The highest BCUT2D eigenvalue weighted by molar-refractivity contribution is 5.78. The van der Waals surface area contributed by atoms with Gasteiger partial charge in [-0.3, -0.25) is 14.8 Å². The molecule has 2 aliphatic rings. The van der Waals surface area contributed by atoms with E-state index in [1.54, 1.807) is 0 Å². The van der Waals surface area contributed by atoms with E-state index in [1.165, 1.54) is 17.4 Å². The van der Waals surface area contributed by atoms with Crippen molar-refractivity contribution in [2.24, 2.45) is 0 Å². The van der Waals surface area contributed by atoms with Gasteiger partial charge in [0.1, 0.15) is 0 Å². The summed E-state index contributed by atoms with van der Waals surface area (Å²) in [4.78, 5) is 7.50. The molecular weight excluding hydrogens is 310 g/mol. The first-order valence-electron chi connectivity index (χ1n) is 9.94. The van der Waals surface area contributed by atoms with Crippen LogP contribution >= 0.6 is 0 Å². The van der Waals surface area contributed by atoms with Crippen molar-refractivity contribution in [3.05, 3.63) is 11.4 Å². The fourth-order valence-corrected chi connectivity index (χ4v) is 4.36. The third-order valence-corrected chi connectivity index (χ3v) is 5.28. The lowest BCUT2D eigenvalue weighted by molar-refractivity contribution is -0.488. The standard InChI is InChI=1S/C20H39N5/c1-13(2)24(14(3)4)18-17(19(18)25(15(5)6)16(7)8)21-20-22(9)11-12-23(20)10/h13-17H,11-12H2,1-10H3/p+1. The van der Waals surface area contributed by atoms with Gasteiger partial charge in [0.25, 0.3) is 0 Å². The van der Waals surface area contributed by atoms with E-state index < -0.39 is 0 Å². The van der Waals surface area contributed by atoms with Crippen molar-refractivity contribution < 1.29 is 4.58 Å². The van der Waals surface area contributed by atoms with Gasteiger partial charge in [0.15, 0.2) is 6.04 Å². The van der Waals surface area contributed by atoms with Crippen LogP contribution in [-0.2, 0) is 0 Å². The largest absolute Gasteiger partial charge is 0.365 e. The number of hydrogen-bond donors (Lipinski definition) is 1. The van der Waals surface area contributed by atoms with E-state index in [1.807, 2.05) is 0 Å². The van der Waals surface area contributed by atoms with E-state index >= 15 is 0 Å². The molecule has 25 heavy (non-hydrogen) atoms. The number of rotatable bonds is 7. The van der Waals surface area contributed by atoms with E-state index in [-0.39, 0.29) is 0 Å². The zero-order valence-corrected chi connectivity index (χ0v) is 18.1. The minimum Gasteiger partial charge on any atom is -0.365 e. The molecule has 0 bridgehead atoms. The maximum absolute atomic E-state index is 3.84. The van der Waals surface area contributed by atoms with Crippen LogP contribution < -0.4 is 5.32 Å². The molecule has 1 N–H and O–H groups in total. The Labute approximate surface area is 155 Å². The van der Waals surface area contributed by atoms with Gasteiger partial charge in [-0.2, -0.15) is 0 Å². The monoisotopic (exact) mass is 350 g/mol. The molecule has 0 radical (unpaired) electrons.